The number of nitrogens with one attached hydrogen (secondary N) is 1. The minimum Gasteiger partial charge on any atom is -0.494 e. The van der Waals surface area contributed by atoms with Crippen molar-refractivity contribution < 1.29 is 19.0 Å². The molecule has 0 unspecified atom stereocenters. The van der Waals surface area contributed by atoms with Crippen molar-refractivity contribution >= 4 is 23.2 Å². The Hall–Kier alpha value is -3.25. The summed E-state index contributed by atoms with van der Waals surface area (Å²) in [6.07, 6.45) is 4.38. The maximum atomic E-state index is 12.3. The predicted octanol–water partition coefficient (Wildman–Crippen LogP) is 5.43. The number of hydrogen-bond acceptors (Lipinski definition) is 5. The number of carbonyl (C=O) groups is 1. The van der Waals surface area contributed by atoms with Gasteiger partial charge >= 0.3 is 0 Å². The van der Waals surface area contributed by atoms with Gasteiger partial charge in [-0.1, -0.05) is 17.7 Å². The third kappa shape index (κ3) is 6.89. The van der Waals surface area contributed by atoms with Crippen LogP contribution in [0.25, 0.3) is 0 Å². The van der Waals surface area contributed by atoms with Crippen LogP contribution in [-0.4, -0.2) is 24.6 Å². The van der Waals surface area contributed by atoms with Crippen LogP contribution >= 0.6 is 11.6 Å². The molecule has 2 aromatic carbocycles. The molecule has 7 heteroatoms. The van der Waals surface area contributed by atoms with E-state index in [9.17, 15) is 4.79 Å². The Morgan fingerprint density at radius 1 is 1.10 bits per heavy atom. The quantitative estimate of drug-likeness (QED) is 0.426. The number of nitrogens with zero attached hydrogens (tertiary/aromatic N) is 1. The molecule has 0 spiro atoms. The number of methoxy groups -OCH3 is 1. The fourth-order valence-corrected chi connectivity index (χ4v) is 2.98. The Morgan fingerprint density at radius 3 is 2.71 bits per heavy atom. The van der Waals surface area contributed by atoms with Gasteiger partial charge in [0.25, 0.3) is 0 Å². The Kier molecular flexibility index (Phi) is 8.12. The molecule has 1 N–H and O–H groups in total. The molecule has 0 bridgehead atoms. The molecule has 0 saturated heterocycles. The molecule has 6 nitrogen and oxygen atoms in total. The summed E-state index contributed by atoms with van der Waals surface area (Å²) in [5, 5.41) is 3.59. The fraction of sp³-hybridized carbons (Fsp3) is 0.250. The van der Waals surface area contributed by atoms with Gasteiger partial charge in [-0.2, -0.15) is 0 Å². The number of amides is 1. The van der Waals surface area contributed by atoms with E-state index in [4.69, 9.17) is 25.8 Å². The van der Waals surface area contributed by atoms with Gasteiger partial charge in [0.05, 0.1) is 13.7 Å². The van der Waals surface area contributed by atoms with Gasteiger partial charge in [-0.05, 0) is 55.3 Å². The first-order valence-corrected chi connectivity index (χ1v) is 10.3. The maximum Gasteiger partial charge on any atom is 0.224 e. The summed E-state index contributed by atoms with van der Waals surface area (Å²) in [5.41, 5.74) is 2.54. The van der Waals surface area contributed by atoms with Gasteiger partial charge in [-0.25, -0.2) is 0 Å². The van der Waals surface area contributed by atoms with Crippen molar-refractivity contribution in [3.05, 3.63) is 77.1 Å². The lowest BCUT2D eigenvalue weighted by molar-refractivity contribution is -0.116. The van der Waals surface area contributed by atoms with E-state index in [1.165, 1.54) is 0 Å². The first kappa shape index (κ1) is 22.4. The van der Waals surface area contributed by atoms with Gasteiger partial charge in [-0.15, -0.1) is 0 Å². The topological polar surface area (TPSA) is 69.7 Å². The Labute approximate surface area is 187 Å². The van der Waals surface area contributed by atoms with Crippen molar-refractivity contribution in [2.75, 3.05) is 19.0 Å². The van der Waals surface area contributed by atoms with Crippen molar-refractivity contribution in [1.29, 1.82) is 0 Å². The van der Waals surface area contributed by atoms with Crippen LogP contribution in [0.3, 0.4) is 0 Å². The minimum atomic E-state index is -0.0979. The molecule has 162 valence electrons. The molecule has 3 rings (SSSR count). The molecular formula is C24H25ClN2O4. The van der Waals surface area contributed by atoms with Crippen LogP contribution in [0.4, 0.5) is 5.69 Å². The fourth-order valence-electron chi connectivity index (χ4n) is 2.87. The molecule has 0 aliphatic heterocycles. The molecule has 3 aromatic rings. The van der Waals surface area contributed by atoms with Gasteiger partial charge < -0.3 is 19.5 Å². The molecule has 0 atom stereocenters. The van der Waals surface area contributed by atoms with Crippen molar-refractivity contribution in [3.8, 4) is 17.2 Å². The van der Waals surface area contributed by atoms with Gasteiger partial charge in [0.2, 0.25) is 5.91 Å². The zero-order valence-corrected chi connectivity index (χ0v) is 18.3. The van der Waals surface area contributed by atoms with Gasteiger partial charge in [0.1, 0.15) is 12.4 Å². The summed E-state index contributed by atoms with van der Waals surface area (Å²) in [4.78, 5) is 16.4. The van der Waals surface area contributed by atoms with Crippen LogP contribution in [0.2, 0.25) is 5.02 Å². The number of pyridine rings is 1. The van der Waals surface area contributed by atoms with Crippen LogP contribution in [0.15, 0.2) is 60.9 Å². The lowest BCUT2D eigenvalue weighted by Gasteiger charge is -2.13. The molecule has 1 heterocycles. The minimum absolute atomic E-state index is 0.0979. The Bertz CT molecular complexity index is 1010. The van der Waals surface area contributed by atoms with Crippen LogP contribution in [0, 0.1) is 6.92 Å². The van der Waals surface area contributed by atoms with Crippen LogP contribution < -0.4 is 19.5 Å². The third-order valence-electron chi connectivity index (χ3n) is 4.51. The van der Waals surface area contributed by atoms with Crippen LogP contribution in [0.1, 0.15) is 24.0 Å². The number of aromatic nitrogens is 1. The highest BCUT2D eigenvalue weighted by Crippen LogP contribution is 2.31. The van der Waals surface area contributed by atoms with E-state index >= 15 is 0 Å². The highest BCUT2D eigenvalue weighted by atomic mass is 35.5. The molecule has 1 aromatic heterocycles. The number of rotatable bonds is 10. The average molecular weight is 441 g/mol. The van der Waals surface area contributed by atoms with Gasteiger partial charge in [-0.3, -0.25) is 9.78 Å². The zero-order chi connectivity index (χ0) is 22.1. The SMILES string of the molecule is COc1ccc(NC(=O)CCCOc2ccc(Cl)c(C)c2)cc1OCc1cccnc1. The lowest BCUT2D eigenvalue weighted by atomic mass is 10.2. The normalized spacial score (nSPS) is 10.4. The first-order valence-electron chi connectivity index (χ1n) is 9.93. The summed E-state index contributed by atoms with van der Waals surface area (Å²) in [6, 6.07) is 14.6. The number of anilines is 1. The second kappa shape index (κ2) is 11.2. The molecule has 1 amide bonds. The average Bonchev–Trinajstić information content (AvgIpc) is 2.78. The van der Waals surface area contributed by atoms with E-state index in [-0.39, 0.29) is 5.91 Å². The summed E-state index contributed by atoms with van der Waals surface area (Å²) < 4.78 is 16.9. The summed E-state index contributed by atoms with van der Waals surface area (Å²) in [7, 11) is 1.58. The molecule has 0 aliphatic rings. The summed E-state index contributed by atoms with van der Waals surface area (Å²) in [5.74, 6) is 1.78. The molecule has 0 aliphatic carbocycles. The Morgan fingerprint density at radius 2 is 1.97 bits per heavy atom. The number of carbonyl (C=O) groups excluding carboxylic acids is 1. The summed E-state index contributed by atoms with van der Waals surface area (Å²) in [6.45, 7) is 2.71. The molecule has 31 heavy (non-hydrogen) atoms. The third-order valence-corrected chi connectivity index (χ3v) is 4.93. The largest absolute Gasteiger partial charge is 0.494 e. The van der Waals surface area contributed by atoms with Crippen molar-refractivity contribution in [2.45, 2.75) is 26.4 Å². The molecule has 0 saturated carbocycles. The lowest BCUT2D eigenvalue weighted by Crippen LogP contribution is -2.13. The standard InChI is InChI=1S/C24H25ClN2O4/c1-17-13-20(8-9-21(17)25)30-12-4-6-24(28)27-19-7-10-22(29-2)23(14-19)31-16-18-5-3-11-26-15-18/h3,5,7-11,13-15H,4,6,12,16H2,1-2H3,(H,27,28). The highest BCUT2D eigenvalue weighted by molar-refractivity contribution is 6.31. The Balaban J connectivity index is 1.49. The van der Waals surface area contributed by atoms with E-state index in [1.807, 2.05) is 31.2 Å². The first-order chi connectivity index (χ1) is 15.0. The highest BCUT2D eigenvalue weighted by Gasteiger charge is 2.09. The van der Waals surface area contributed by atoms with E-state index < -0.39 is 0 Å². The number of hydrogen-bond donors (Lipinski definition) is 1. The smallest absolute Gasteiger partial charge is 0.224 e. The summed E-state index contributed by atoms with van der Waals surface area (Å²) >= 11 is 6.01. The van der Waals surface area contributed by atoms with E-state index in [2.05, 4.69) is 10.3 Å². The van der Waals surface area contributed by atoms with E-state index in [0.29, 0.717) is 48.3 Å². The van der Waals surface area contributed by atoms with Crippen molar-refractivity contribution in [1.82, 2.24) is 4.98 Å². The van der Waals surface area contributed by atoms with Crippen LogP contribution in [0.5, 0.6) is 17.2 Å². The van der Waals surface area contributed by atoms with Gasteiger partial charge in [0.15, 0.2) is 11.5 Å². The number of benzene rings is 2. The van der Waals surface area contributed by atoms with Crippen molar-refractivity contribution in [3.63, 3.8) is 0 Å². The number of aryl methyl sites for hydroxylation is 1. The second-order valence-electron chi connectivity index (χ2n) is 6.93. The van der Waals surface area contributed by atoms with Gasteiger partial charge in [0, 0.05) is 41.2 Å². The molecular weight excluding hydrogens is 416 g/mol. The predicted molar refractivity (Wildman–Crippen MR) is 121 cm³/mol. The zero-order valence-electron chi connectivity index (χ0n) is 17.6. The molecule has 0 fully saturated rings. The van der Waals surface area contributed by atoms with E-state index in [0.717, 1.165) is 16.9 Å². The monoisotopic (exact) mass is 440 g/mol. The van der Waals surface area contributed by atoms with Crippen molar-refractivity contribution in [2.24, 2.45) is 0 Å². The maximum absolute atomic E-state index is 12.3. The molecule has 0 radical (unpaired) electrons. The number of halogens is 1. The van der Waals surface area contributed by atoms with E-state index in [1.54, 1.807) is 43.8 Å². The van der Waals surface area contributed by atoms with Crippen LogP contribution in [-0.2, 0) is 11.4 Å². The number of ether oxygens (including phenoxy) is 3. The second-order valence-corrected chi connectivity index (χ2v) is 7.33.